The Bertz CT molecular complexity index is 869. The van der Waals surface area contributed by atoms with Crippen LogP contribution < -0.4 is 10.6 Å². The van der Waals surface area contributed by atoms with E-state index in [4.69, 9.17) is 0 Å². The van der Waals surface area contributed by atoms with Gasteiger partial charge in [-0.15, -0.1) is 12.4 Å². The highest BCUT2D eigenvalue weighted by Gasteiger charge is 2.38. The summed E-state index contributed by atoms with van der Waals surface area (Å²) in [7, 11) is 0. The summed E-state index contributed by atoms with van der Waals surface area (Å²) in [5.41, 5.74) is 3.25. The van der Waals surface area contributed by atoms with Crippen molar-refractivity contribution in [3.63, 3.8) is 0 Å². The quantitative estimate of drug-likeness (QED) is 0.802. The number of piperidine rings is 1. The number of hydrogen-bond acceptors (Lipinski definition) is 3. The summed E-state index contributed by atoms with van der Waals surface area (Å²) in [6, 6.07) is 14.7. The van der Waals surface area contributed by atoms with Gasteiger partial charge in [0, 0.05) is 36.4 Å². The third-order valence-electron chi connectivity index (χ3n) is 6.21. The molecule has 1 spiro atoms. The van der Waals surface area contributed by atoms with Crippen molar-refractivity contribution in [2.45, 2.75) is 26.2 Å². The minimum Gasteiger partial charge on any atom is -0.339 e. The number of nitrogens with one attached hydrogen (secondary N) is 2. The zero-order chi connectivity index (χ0) is 19.6. The molecule has 0 unspecified atom stereocenters. The summed E-state index contributed by atoms with van der Waals surface area (Å²) >= 11 is 0. The molecule has 2 aliphatic heterocycles. The Hall–Kier alpha value is -2.37. The van der Waals surface area contributed by atoms with E-state index in [1.807, 2.05) is 42.2 Å². The molecule has 0 atom stereocenters. The van der Waals surface area contributed by atoms with E-state index >= 15 is 0 Å². The maximum absolute atomic E-state index is 13.0. The minimum atomic E-state index is -0.165. The van der Waals surface area contributed by atoms with E-state index in [0.717, 1.165) is 44.6 Å². The molecule has 2 amide bonds. The van der Waals surface area contributed by atoms with Gasteiger partial charge in [-0.05, 0) is 68.0 Å². The van der Waals surface area contributed by atoms with E-state index in [1.165, 1.54) is 6.42 Å². The highest BCUT2D eigenvalue weighted by molar-refractivity contribution is 6.05. The number of benzene rings is 2. The van der Waals surface area contributed by atoms with Gasteiger partial charge in [0.2, 0.25) is 0 Å². The number of hydrogen-bond donors (Lipinski definition) is 2. The molecule has 4 rings (SSSR count). The average molecular weight is 414 g/mol. The SMILES string of the molecule is Cc1ccc(C(=O)N2CCC3(CCNC3)CC2)cc1NC(=O)c1ccccc1.Cl. The standard InChI is InChI=1S/C23H27N3O2.ClH/c1-17-7-8-19(15-20(17)25-21(27)18-5-3-2-4-6-18)22(28)26-13-10-23(11-14-26)9-12-24-16-23;/h2-8,15,24H,9-14,16H2,1H3,(H,25,27);1H. The van der Waals surface area contributed by atoms with Crippen molar-refractivity contribution in [3.05, 3.63) is 65.2 Å². The fraction of sp³-hybridized carbons (Fsp3) is 0.391. The van der Waals surface area contributed by atoms with E-state index in [0.29, 0.717) is 22.2 Å². The molecule has 0 saturated carbocycles. The number of amides is 2. The number of anilines is 1. The molecule has 154 valence electrons. The van der Waals surface area contributed by atoms with Crippen LogP contribution in [0.25, 0.3) is 0 Å². The van der Waals surface area contributed by atoms with Gasteiger partial charge in [0.25, 0.3) is 11.8 Å². The highest BCUT2D eigenvalue weighted by Crippen LogP contribution is 2.37. The van der Waals surface area contributed by atoms with Crippen LogP contribution >= 0.6 is 12.4 Å². The predicted molar refractivity (Wildman–Crippen MR) is 118 cm³/mol. The maximum Gasteiger partial charge on any atom is 0.255 e. The lowest BCUT2D eigenvalue weighted by molar-refractivity contribution is 0.0607. The van der Waals surface area contributed by atoms with Crippen LogP contribution in [0.1, 0.15) is 45.5 Å². The van der Waals surface area contributed by atoms with Crippen LogP contribution in [0, 0.1) is 12.3 Å². The third-order valence-corrected chi connectivity index (χ3v) is 6.21. The van der Waals surface area contributed by atoms with Crippen LogP contribution in [0.2, 0.25) is 0 Å². The molecule has 2 fully saturated rings. The van der Waals surface area contributed by atoms with Gasteiger partial charge in [-0.3, -0.25) is 9.59 Å². The normalized spacial score (nSPS) is 17.6. The summed E-state index contributed by atoms with van der Waals surface area (Å²) in [6.07, 6.45) is 3.35. The van der Waals surface area contributed by atoms with Crippen molar-refractivity contribution in [1.82, 2.24) is 10.2 Å². The maximum atomic E-state index is 13.0. The third kappa shape index (κ3) is 4.62. The molecule has 29 heavy (non-hydrogen) atoms. The zero-order valence-corrected chi connectivity index (χ0v) is 17.6. The second-order valence-electron chi connectivity index (χ2n) is 8.07. The van der Waals surface area contributed by atoms with Crippen LogP contribution in [0.4, 0.5) is 5.69 Å². The summed E-state index contributed by atoms with van der Waals surface area (Å²) in [5.74, 6) is -0.113. The van der Waals surface area contributed by atoms with E-state index in [2.05, 4.69) is 10.6 Å². The molecule has 0 bridgehead atoms. The first kappa shape index (κ1) is 21.3. The summed E-state index contributed by atoms with van der Waals surface area (Å²) in [6.45, 7) is 5.72. The van der Waals surface area contributed by atoms with Crippen LogP contribution in [-0.2, 0) is 0 Å². The van der Waals surface area contributed by atoms with Gasteiger partial charge in [-0.2, -0.15) is 0 Å². The molecule has 2 aliphatic rings. The van der Waals surface area contributed by atoms with Crippen molar-refractivity contribution >= 4 is 29.9 Å². The number of nitrogens with zero attached hydrogens (tertiary/aromatic N) is 1. The first-order valence-corrected chi connectivity index (χ1v) is 10.0. The van der Waals surface area contributed by atoms with Crippen molar-refractivity contribution in [3.8, 4) is 0 Å². The Morgan fingerprint density at radius 2 is 1.72 bits per heavy atom. The van der Waals surface area contributed by atoms with Gasteiger partial charge in [0.1, 0.15) is 0 Å². The van der Waals surface area contributed by atoms with Crippen LogP contribution in [0.3, 0.4) is 0 Å². The molecular weight excluding hydrogens is 386 g/mol. The fourth-order valence-corrected chi connectivity index (χ4v) is 4.26. The van der Waals surface area contributed by atoms with E-state index < -0.39 is 0 Å². The molecule has 0 aromatic heterocycles. The second kappa shape index (κ2) is 8.97. The Kier molecular flexibility index (Phi) is 6.60. The van der Waals surface area contributed by atoms with Gasteiger partial charge in [-0.1, -0.05) is 24.3 Å². The number of rotatable bonds is 3. The molecule has 2 heterocycles. The minimum absolute atomic E-state index is 0. The number of carbonyl (C=O) groups excluding carboxylic acids is 2. The monoisotopic (exact) mass is 413 g/mol. The molecule has 0 radical (unpaired) electrons. The average Bonchev–Trinajstić information content (AvgIpc) is 3.18. The first-order chi connectivity index (χ1) is 13.6. The summed E-state index contributed by atoms with van der Waals surface area (Å²) < 4.78 is 0. The predicted octanol–water partition coefficient (Wildman–Crippen LogP) is 3.88. The van der Waals surface area contributed by atoms with Crippen molar-refractivity contribution in [2.75, 3.05) is 31.5 Å². The van der Waals surface area contributed by atoms with Gasteiger partial charge in [-0.25, -0.2) is 0 Å². The fourth-order valence-electron chi connectivity index (χ4n) is 4.26. The lowest BCUT2D eigenvalue weighted by Crippen LogP contribution is -2.44. The topological polar surface area (TPSA) is 61.4 Å². The molecule has 6 heteroatoms. The lowest BCUT2D eigenvalue weighted by Gasteiger charge is -2.39. The van der Waals surface area contributed by atoms with Gasteiger partial charge in [0.15, 0.2) is 0 Å². The molecular formula is C23H28ClN3O2. The number of likely N-dealkylation sites (tertiary alicyclic amines) is 1. The summed E-state index contributed by atoms with van der Waals surface area (Å²) in [5, 5.41) is 6.41. The first-order valence-electron chi connectivity index (χ1n) is 10.0. The van der Waals surface area contributed by atoms with Gasteiger partial charge < -0.3 is 15.5 Å². The Labute approximate surface area is 178 Å². The van der Waals surface area contributed by atoms with Crippen LogP contribution in [0.15, 0.2) is 48.5 Å². The van der Waals surface area contributed by atoms with Crippen molar-refractivity contribution in [2.24, 2.45) is 5.41 Å². The van der Waals surface area contributed by atoms with Gasteiger partial charge >= 0.3 is 0 Å². The van der Waals surface area contributed by atoms with Gasteiger partial charge in [0.05, 0.1) is 0 Å². The second-order valence-corrected chi connectivity index (χ2v) is 8.07. The smallest absolute Gasteiger partial charge is 0.255 e. The molecule has 2 aromatic rings. The Morgan fingerprint density at radius 3 is 2.38 bits per heavy atom. The zero-order valence-electron chi connectivity index (χ0n) is 16.7. The largest absolute Gasteiger partial charge is 0.339 e. The lowest BCUT2D eigenvalue weighted by atomic mass is 9.78. The Balaban J connectivity index is 0.00000240. The van der Waals surface area contributed by atoms with Crippen LogP contribution in [0.5, 0.6) is 0 Å². The van der Waals surface area contributed by atoms with E-state index in [1.54, 1.807) is 18.2 Å². The van der Waals surface area contributed by atoms with Crippen molar-refractivity contribution in [1.29, 1.82) is 0 Å². The molecule has 5 nitrogen and oxygen atoms in total. The van der Waals surface area contributed by atoms with E-state index in [-0.39, 0.29) is 24.2 Å². The number of carbonyl (C=O) groups is 2. The molecule has 2 aromatic carbocycles. The van der Waals surface area contributed by atoms with Crippen molar-refractivity contribution < 1.29 is 9.59 Å². The number of halogens is 1. The Morgan fingerprint density at radius 1 is 1.00 bits per heavy atom. The summed E-state index contributed by atoms with van der Waals surface area (Å²) in [4.78, 5) is 27.5. The van der Waals surface area contributed by atoms with E-state index in [9.17, 15) is 9.59 Å². The number of aryl methyl sites for hydroxylation is 1. The molecule has 2 saturated heterocycles. The molecule has 0 aliphatic carbocycles. The molecule has 2 N–H and O–H groups in total. The van der Waals surface area contributed by atoms with Crippen LogP contribution in [-0.4, -0.2) is 42.9 Å². The highest BCUT2D eigenvalue weighted by atomic mass is 35.5.